The molecule has 15 heteroatoms. The van der Waals surface area contributed by atoms with E-state index in [1.807, 2.05) is 24.3 Å². The van der Waals surface area contributed by atoms with Gasteiger partial charge in [0.1, 0.15) is 0 Å². The Bertz CT molecular complexity index is 2190. The second-order valence-corrected chi connectivity index (χ2v) is 9.49. The minimum atomic E-state index is -0.664. The van der Waals surface area contributed by atoms with Crippen molar-refractivity contribution in [3.63, 3.8) is 0 Å². The van der Waals surface area contributed by atoms with E-state index >= 15 is 0 Å². The summed E-state index contributed by atoms with van der Waals surface area (Å²) in [6.45, 7) is 0. The summed E-state index contributed by atoms with van der Waals surface area (Å²) in [5, 5.41) is 86.9. The van der Waals surface area contributed by atoms with Crippen LogP contribution in [0, 0.1) is 20.2 Å². The van der Waals surface area contributed by atoms with Crippen LogP contribution in [-0.2, 0) is 17.4 Å². The van der Waals surface area contributed by atoms with Crippen molar-refractivity contribution in [3.8, 4) is 23.0 Å². The summed E-state index contributed by atoms with van der Waals surface area (Å²) >= 11 is 0. The summed E-state index contributed by atoms with van der Waals surface area (Å²) < 4.78 is 0. The third-order valence-electron chi connectivity index (χ3n) is 6.55. The summed E-state index contributed by atoms with van der Waals surface area (Å²) in [5.41, 5.74) is -0.619. The second kappa shape index (κ2) is 14.6. The van der Waals surface area contributed by atoms with E-state index in [4.69, 9.17) is 0 Å². The Kier molecular flexibility index (Phi) is 10.4. The zero-order valence-electron chi connectivity index (χ0n) is 23.7. The normalized spacial score (nSPS) is 10.9. The SMILES string of the molecule is O=[N+]([O-])c1ccc(N=Nc2c([O-])ccc3ccccc23)c([O-])c1.O=[N+]([O-])c1ccc([O-])c(N=Nc2c([O-])ccc3ccccc23)c1.[Cr+3]. The van der Waals surface area contributed by atoms with Gasteiger partial charge in [-0.1, -0.05) is 102 Å². The van der Waals surface area contributed by atoms with Crippen molar-refractivity contribution in [2.75, 3.05) is 0 Å². The molecule has 0 amide bonds. The first-order chi connectivity index (χ1) is 22.1. The van der Waals surface area contributed by atoms with Crippen LogP contribution >= 0.6 is 0 Å². The average molecular weight is 667 g/mol. The molecular formula is C32H18CrN6O8-. The van der Waals surface area contributed by atoms with Gasteiger partial charge in [-0.15, -0.1) is 0 Å². The van der Waals surface area contributed by atoms with Gasteiger partial charge in [0.05, 0.1) is 32.6 Å². The molecule has 231 valence electrons. The molecule has 1 radical (unpaired) electrons. The van der Waals surface area contributed by atoms with Crippen LogP contribution in [-0.4, -0.2) is 9.85 Å². The predicted molar refractivity (Wildman–Crippen MR) is 160 cm³/mol. The van der Waals surface area contributed by atoms with Crippen LogP contribution in [0.3, 0.4) is 0 Å². The molecule has 0 N–H and O–H groups in total. The molecule has 0 bridgehead atoms. The molecular weight excluding hydrogens is 648 g/mol. The zero-order valence-corrected chi connectivity index (χ0v) is 25.0. The molecule has 0 aliphatic heterocycles. The van der Waals surface area contributed by atoms with Crippen LogP contribution in [0.4, 0.5) is 34.1 Å². The van der Waals surface area contributed by atoms with Crippen LogP contribution in [0.1, 0.15) is 0 Å². The van der Waals surface area contributed by atoms with Gasteiger partial charge in [0, 0.05) is 35.0 Å². The van der Waals surface area contributed by atoms with E-state index in [1.54, 1.807) is 36.4 Å². The van der Waals surface area contributed by atoms with E-state index in [-0.39, 0.29) is 63.0 Å². The number of rotatable bonds is 6. The molecule has 0 spiro atoms. The minimum Gasteiger partial charge on any atom is -0.871 e. The van der Waals surface area contributed by atoms with Gasteiger partial charge in [-0.05, 0) is 16.8 Å². The van der Waals surface area contributed by atoms with Gasteiger partial charge < -0.3 is 20.4 Å². The molecule has 0 fully saturated rings. The molecule has 0 heterocycles. The first kappa shape index (κ1) is 33.5. The molecule has 0 saturated heterocycles. The summed E-state index contributed by atoms with van der Waals surface area (Å²) in [6.07, 6.45) is 0. The number of azo groups is 2. The van der Waals surface area contributed by atoms with Crippen molar-refractivity contribution in [1.29, 1.82) is 0 Å². The van der Waals surface area contributed by atoms with E-state index in [0.29, 0.717) is 10.8 Å². The number of non-ortho nitro benzene ring substituents is 2. The van der Waals surface area contributed by atoms with Gasteiger partial charge >= 0.3 is 17.4 Å². The number of nitrogens with zero attached hydrogens (tertiary/aromatic N) is 6. The Morgan fingerprint density at radius 1 is 0.447 bits per heavy atom. The van der Waals surface area contributed by atoms with Crippen LogP contribution < -0.4 is 20.4 Å². The van der Waals surface area contributed by atoms with Crippen LogP contribution in [0.15, 0.2) is 130 Å². The molecule has 6 aromatic rings. The Morgan fingerprint density at radius 2 is 0.894 bits per heavy atom. The molecule has 0 aromatic heterocycles. The Morgan fingerprint density at radius 3 is 1.40 bits per heavy atom. The first-order valence-electron chi connectivity index (χ1n) is 13.2. The summed E-state index contributed by atoms with van der Waals surface area (Å²) in [5.74, 6) is -1.80. The summed E-state index contributed by atoms with van der Waals surface area (Å²) in [6, 6.07) is 26.8. The van der Waals surface area contributed by atoms with Gasteiger partial charge in [-0.3, -0.25) is 20.2 Å². The van der Waals surface area contributed by atoms with E-state index < -0.39 is 21.3 Å². The van der Waals surface area contributed by atoms with Gasteiger partial charge in [0.2, 0.25) is 0 Å². The fraction of sp³-hybridized carbons (Fsp3) is 0. The van der Waals surface area contributed by atoms with Crippen molar-refractivity contribution >= 4 is 55.7 Å². The molecule has 0 atom stereocenters. The summed E-state index contributed by atoms with van der Waals surface area (Å²) in [4.78, 5) is 20.1. The maximum atomic E-state index is 12.0. The zero-order chi connectivity index (χ0) is 32.8. The largest absolute Gasteiger partial charge is 3.00 e. The number of benzene rings is 6. The van der Waals surface area contributed by atoms with Crippen molar-refractivity contribution in [3.05, 3.63) is 129 Å². The minimum absolute atomic E-state index is 0. The molecule has 0 aliphatic carbocycles. The number of nitro benzene ring substituents is 2. The van der Waals surface area contributed by atoms with Crippen LogP contribution in [0.2, 0.25) is 0 Å². The standard InChI is InChI=1S/2C16H11N3O4.Cr/c20-14-8-5-10-3-1-2-4-12(10)16(14)18-17-13-7-6-11(19(22)23)9-15(13)21;20-14-8-6-11(19(22)23)9-13(14)17-18-16-12-4-2-1-3-10(12)5-7-15(16)21;/h2*1-9,20-21H;/q;;+3/p-4. The maximum Gasteiger partial charge on any atom is 3.00 e. The Labute approximate surface area is 275 Å². The third-order valence-corrected chi connectivity index (χ3v) is 6.55. The molecule has 47 heavy (non-hydrogen) atoms. The van der Waals surface area contributed by atoms with E-state index in [0.717, 1.165) is 41.1 Å². The summed E-state index contributed by atoms with van der Waals surface area (Å²) in [7, 11) is 0. The number of fused-ring (bicyclic) bond motifs is 2. The predicted octanol–water partition coefficient (Wildman–Crippen LogP) is 6.62. The number of nitro groups is 2. The first-order valence-corrected chi connectivity index (χ1v) is 13.2. The number of hydrogen-bond acceptors (Lipinski definition) is 12. The van der Waals surface area contributed by atoms with Gasteiger partial charge in [-0.2, -0.15) is 20.5 Å². The molecule has 6 aromatic carbocycles. The van der Waals surface area contributed by atoms with Gasteiger partial charge in [0.25, 0.3) is 11.4 Å². The molecule has 0 saturated carbocycles. The van der Waals surface area contributed by atoms with E-state index in [9.17, 15) is 40.7 Å². The fourth-order valence-electron chi connectivity index (χ4n) is 4.28. The van der Waals surface area contributed by atoms with Crippen LogP contribution in [0.25, 0.3) is 21.5 Å². The quantitative estimate of drug-likeness (QED) is 0.106. The number of hydrogen-bond donors (Lipinski definition) is 0. The van der Waals surface area contributed by atoms with E-state index in [1.165, 1.54) is 18.2 Å². The topological polar surface area (TPSA) is 228 Å². The van der Waals surface area contributed by atoms with Crippen LogP contribution in [0.5, 0.6) is 23.0 Å². The molecule has 0 aliphatic rings. The molecule has 6 rings (SSSR count). The van der Waals surface area contributed by atoms with Gasteiger partial charge in [0.15, 0.2) is 0 Å². The fourth-order valence-corrected chi connectivity index (χ4v) is 4.28. The smallest absolute Gasteiger partial charge is 0.871 e. The molecule has 0 unspecified atom stereocenters. The third kappa shape index (κ3) is 7.63. The maximum absolute atomic E-state index is 12.0. The van der Waals surface area contributed by atoms with Crippen molar-refractivity contribution in [2.24, 2.45) is 20.5 Å². The monoisotopic (exact) mass is 666 g/mol. The Balaban J connectivity index is 0.000000208. The molecule has 14 nitrogen and oxygen atoms in total. The average Bonchev–Trinajstić information content (AvgIpc) is 3.05. The van der Waals surface area contributed by atoms with E-state index in [2.05, 4.69) is 20.5 Å². The van der Waals surface area contributed by atoms with Gasteiger partial charge in [-0.25, -0.2) is 0 Å². The second-order valence-electron chi connectivity index (χ2n) is 9.49. The van der Waals surface area contributed by atoms with Crippen molar-refractivity contribution in [1.82, 2.24) is 0 Å². The van der Waals surface area contributed by atoms with Crippen molar-refractivity contribution < 1.29 is 47.6 Å². The van der Waals surface area contributed by atoms with Crippen molar-refractivity contribution in [2.45, 2.75) is 0 Å². The Hall–Kier alpha value is -6.43.